The first kappa shape index (κ1) is 13.5. The molecule has 1 aromatic carbocycles. The van der Waals surface area contributed by atoms with Crippen LogP contribution in [0.1, 0.15) is 13.8 Å². The highest BCUT2D eigenvalue weighted by Gasteiger charge is 2.22. The predicted octanol–water partition coefficient (Wildman–Crippen LogP) is 2.73. The van der Waals surface area contributed by atoms with Crippen molar-refractivity contribution in [2.24, 2.45) is 5.92 Å². The molecule has 0 spiro atoms. The van der Waals surface area contributed by atoms with Crippen LogP contribution in [-0.4, -0.2) is 27.3 Å². The van der Waals surface area contributed by atoms with E-state index in [2.05, 4.69) is 15.5 Å². The van der Waals surface area contributed by atoms with E-state index < -0.39 is 12.0 Å². The standard InChI is InChI=1S/C13H15N3O2S/c1-8(2)10(12(17)18)14-13-16-15-11(19-13)9-6-4-3-5-7-9/h3-8,10H,1-2H3,(H,14,16)(H,17,18)/t10-/m0/s1. The molecule has 5 nitrogen and oxygen atoms in total. The summed E-state index contributed by atoms with van der Waals surface area (Å²) >= 11 is 1.35. The van der Waals surface area contributed by atoms with Crippen molar-refractivity contribution in [2.75, 3.05) is 5.32 Å². The van der Waals surface area contributed by atoms with Gasteiger partial charge in [-0.05, 0) is 5.92 Å². The van der Waals surface area contributed by atoms with Gasteiger partial charge in [-0.15, -0.1) is 10.2 Å². The zero-order valence-corrected chi connectivity index (χ0v) is 11.5. The van der Waals surface area contributed by atoms with Crippen molar-refractivity contribution in [3.05, 3.63) is 30.3 Å². The SMILES string of the molecule is CC(C)[C@H](Nc1nnc(-c2ccccc2)s1)C(=O)O. The van der Waals surface area contributed by atoms with Gasteiger partial charge in [0.1, 0.15) is 11.0 Å². The summed E-state index contributed by atoms with van der Waals surface area (Å²) in [6, 6.07) is 9.03. The monoisotopic (exact) mass is 277 g/mol. The number of aromatic nitrogens is 2. The summed E-state index contributed by atoms with van der Waals surface area (Å²) in [6.07, 6.45) is 0. The molecular formula is C13H15N3O2S. The number of nitrogens with zero attached hydrogens (tertiary/aromatic N) is 2. The summed E-state index contributed by atoms with van der Waals surface area (Å²) in [5.41, 5.74) is 0.976. The highest BCUT2D eigenvalue weighted by atomic mass is 32.1. The van der Waals surface area contributed by atoms with E-state index in [9.17, 15) is 4.79 Å². The molecule has 1 atom stereocenters. The number of hydrogen-bond donors (Lipinski definition) is 2. The Hall–Kier alpha value is -1.95. The van der Waals surface area contributed by atoms with Gasteiger partial charge in [0.15, 0.2) is 0 Å². The lowest BCUT2D eigenvalue weighted by molar-refractivity contribution is -0.138. The van der Waals surface area contributed by atoms with Crippen LogP contribution in [0.25, 0.3) is 10.6 Å². The van der Waals surface area contributed by atoms with Gasteiger partial charge in [0.25, 0.3) is 0 Å². The van der Waals surface area contributed by atoms with Gasteiger partial charge in [-0.3, -0.25) is 0 Å². The van der Waals surface area contributed by atoms with E-state index in [1.165, 1.54) is 11.3 Å². The molecule has 2 rings (SSSR count). The Morgan fingerprint density at radius 2 is 1.95 bits per heavy atom. The fraction of sp³-hybridized carbons (Fsp3) is 0.308. The Balaban J connectivity index is 2.16. The maximum Gasteiger partial charge on any atom is 0.326 e. The number of carboxylic acid groups (broad SMARTS) is 1. The third-order valence-electron chi connectivity index (χ3n) is 2.66. The van der Waals surface area contributed by atoms with Crippen molar-refractivity contribution in [1.29, 1.82) is 0 Å². The van der Waals surface area contributed by atoms with Gasteiger partial charge >= 0.3 is 5.97 Å². The minimum atomic E-state index is -0.883. The number of aliphatic carboxylic acids is 1. The average Bonchev–Trinajstić information content (AvgIpc) is 2.85. The van der Waals surface area contributed by atoms with Crippen molar-refractivity contribution >= 4 is 22.4 Å². The lowest BCUT2D eigenvalue weighted by Gasteiger charge is -2.16. The molecule has 19 heavy (non-hydrogen) atoms. The van der Waals surface area contributed by atoms with Crippen LogP contribution in [0.5, 0.6) is 0 Å². The van der Waals surface area contributed by atoms with E-state index in [0.29, 0.717) is 5.13 Å². The molecule has 0 saturated heterocycles. The molecule has 2 N–H and O–H groups in total. The van der Waals surface area contributed by atoms with E-state index in [-0.39, 0.29) is 5.92 Å². The number of anilines is 1. The Labute approximate surface area is 115 Å². The van der Waals surface area contributed by atoms with Crippen LogP contribution in [0.4, 0.5) is 5.13 Å². The molecule has 0 aliphatic carbocycles. The van der Waals surface area contributed by atoms with Crippen LogP contribution in [-0.2, 0) is 4.79 Å². The predicted molar refractivity (Wildman–Crippen MR) is 75.2 cm³/mol. The van der Waals surface area contributed by atoms with Crippen LogP contribution in [0.15, 0.2) is 30.3 Å². The molecule has 0 aliphatic heterocycles. The van der Waals surface area contributed by atoms with E-state index in [1.54, 1.807) is 0 Å². The summed E-state index contributed by atoms with van der Waals surface area (Å²) in [6.45, 7) is 3.70. The first-order chi connectivity index (χ1) is 9.08. The van der Waals surface area contributed by atoms with Gasteiger partial charge in [-0.25, -0.2) is 4.79 Å². The molecule has 0 bridgehead atoms. The van der Waals surface area contributed by atoms with Crippen molar-refractivity contribution < 1.29 is 9.90 Å². The molecule has 0 fully saturated rings. The Kier molecular flexibility index (Phi) is 4.11. The van der Waals surface area contributed by atoms with Gasteiger partial charge in [-0.1, -0.05) is 55.5 Å². The first-order valence-corrected chi connectivity index (χ1v) is 6.78. The number of benzene rings is 1. The molecule has 0 unspecified atom stereocenters. The topological polar surface area (TPSA) is 75.1 Å². The third-order valence-corrected chi connectivity index (χ3v) is 3.56. The molecule has 0 radical (unpaired) electrons. The van der Waals surface area contributed by atoms with Crippen LogP contribution in [0, 0.1) is 5.92 Å². The number of carboxylic acids is 1. The van der Waals surface area contributed by atoms with E-state index in [4.69, 9.17) is 5.11 Å². The molecule has 1 heterocycles. The summed E-state index contributed by atoms with van der Waals surface area (Å²) in [7, 11) is 0. The van der Waals surface area contributed by atoms with Crippen LogP contribution in [0.3, 0.4) is 0 Å². The van der Waals surface area contributed by atoms with Gasteiger partial charge in [0.2, 0.25) is 5.13 Å². The largest absolute Gasteiger partial charge is 0.480 e. The van der Waals surface area contributed by atoms with Crippen molar-refractivity contribution in [1.82, 2.24) is 10.2 Å². The molecular weight excluding hydrogens is 262 g/mol. The third kappa shape index (κ3) is 3.29. The quantitative estimate of drug-likeness (QED) is 0.879. The second-order valence-corrected chi connectivity index (χ2v) is 5.46. The van der Waals surface area contributed by atoms with Gasteiger partial charge in [0.05, 0.1) is 0 Å². The zero-order valence-electron chi connectivity index (χ0n) is 10.7. The lowest BCUT2D eigenvalue weighted by Crippen LogP contribution is -2.34. The van der Waals surface area contributed by atoms with Crippen LogP contribution >= 0.6 is 11.3 Å². The van der Waals surface area contributed by atoms with E-state index >= 15 is 0 Å². The van der Waals surface area contributed by atoms with Crippen LogP contribution < -0.4 is 5.32 Å². The second kappa shape index (κ2) is 5.79. The van der Waals surface area contributed by atoms with E-state index in [0.717, 1.165) is 10.6 Å². The summed E-state index contributed by atoms with van der Waals surface area (Å²) in [5, 5.41) is 21.4. The maximum atomic E-state index is 11.1. The first-order valence-electron chi connectivity index (χ1n) is 5.96. The number of hydrogen-bond acceptors (Lipinski definition) is 5. The lowest BCUT2D eigenvalue weighted by atomic mass is 10.1. The summed E-state index contributed by atoms with van der Waals surface area (Å²) in [4.78, 5) is 11.1. The Bertz CT molecular complexity index is 554. The summed E-state index contributed by atoms with van der Waals surface area (Å²) < 4.78 is 0. The van der Waals surface area contributed by atoms with E-state index in [1.807, 2.05) is 44.2 Å². The Morgan fingerprint density at radius 3 is 2.53 bits per heavy atom. The fourth-order valence-electron chi connectivity index (χ4n) is 1.63. The average molecular weight is 277 g/mol. The Morgan fingerprint density at radius 1 is 1.26 bits per heavy atom. The van der Waals surface area contributed by atoms with Gasteiger partial charge < -0.3 is 10.4 Å². The zero-order chi connectivity index (χ0) is 13.8. The number of rotatable bonds is 5. The van der Waals surface area contributed by atoms with Crippen molar-refractivity contribution in [2.45, 2.75) is 19.9 Å². The molecule has 100 valence electrons. The van der Waals surface area contributed by atoms with Gasteiger partial charge in [0, 0.05) is 5.56 Å². The maximum absolute atomic E-state index is 11.1. The number of carbonyl (C=O) groups is 1. The molecule has 1 aromatic heterocycles. The minimum absolute atomic E-state index is 0.0263. The van der Waals surface area contributed by atoms with Crippen molar-refractivity contribution in [3.8, 4) is 10.6 Å². The molecule has 0 saturated carbocycles. The van der Waals surface area contributed by atoms with Crippen LogP contribution in [0.2, 0.25) is 0 Å². The van der Waals surface area contributed by atoms with Gasteiger partial charge in [-0.2, -0.15) is 0 Å². The molecule has 2 aromatic rings. The summed E-state index contributed by atoms with van der Waals surface area (Å²) in [5.74, 6) is -0.909. The normalized spacial score (nSPS) is 12.4. The molecule has 6 heteroatoms. The second-order valence-electron chi connectivity index (χ2n) is 4.48. The number of nitrogens with one attached hydrogen (secondary N) is 1. The molecule has 0 aliphatic rings. The van der Waals surface area contributed by atoms with Crippen molar-refractivity contribution in [3.63, 3.8) is 0 Å². The molecule has 0 amide bonds. The highest BCUT2D eigenvalue weighted by Crippen LogP contribution is 2.26. The smallest absolute Gasteiger partial charge is 0.326 e. The fourth-order valence-corrected chi connectivity index (χ4v) is 2.41. The minimum Gasteiger partial charge on any atom is -0.480 e. The highest BCUT2D eigenvalue weighted by molar-refractivity contribution is 7.18.